The summed E-state index contributed by atoms with van der Waals surface area (Å²) in [5.74, 6) is 0.435. The second kappa shape index (κ2) is 5.50. The topological polar surface area (TPSA) is 67.2 Å². The predicted octanol–water partition coefficient (Wildman–Crippen LogP) is 0.848. The molecule has 0 fully saturated rings. The van der Waals surface area contributed by atoms with Crippen LogP contribution in [-0.4, -0.2) is 33.3 Å². The molecule has 1 rings (SSSR count). The molecule has 15 heavy (non-hydrogen) atoms. The molecular formula is C10H17N3O2. The number of hydrogen-bond acceptors (Lipinski definition) is 3. The van der Waals surface area contributed by atoms with E-state index in [0.717, 1.165) is 6.42 Å². The number of aromatic nitrogens is 2. The summed E-state index contributed by atoms with van der Waals surface area (Å²) in [4.78, 5) is 15.3. The monoisotopic (exact) mass is 211 g/mol. The van der Waals surface area contributed by atoms with Gasteiger partial charge < -0.3 is 10.4 Å². The van der Waals surface area contributed by atoms with Gasteiger partial charge in [0.25, 0.3) is 0 Å². The SMILES string of the molecule is CC(C)CC(CO)NC(=O)n1ccnc1. The Hall–Kier alpha value is -1.36. The van der Waals surface area contributed by atoms with Crippen molar-refractivity contribution in [2.24, 2.45) is 5.92 Å². The molecule has 0 aliphatic heterocycles. The van der Waals surface area contributed by atoms with Crippen LogP contribution in [0.1, 0.15) is 20.3 Å². The molecule has 0 saturated carbocycles. The van der Waals surface area contributed by atoms with Crippen LogP contribution in [0.5, 0.6) is 0 Å². The van der Waals surface area contributed by atoms with Crippen LogP contribution in [-0.2, 0) is 0 Å². The number of carbonyl (C=O) groups is 1. The van der Waals surface area contributed by atoms with Crippen molar-refractivity contribution >= 4 is 6.03 Å². The zero-order chi connectivity index (χ0) is 11.3. The third-order valence-electron chi connectivity index (χ3n) is 2.04. The molecule has 1 atom stereocenters. The minimum Gasteiger partial charge on any atom is -0.394 e. The highest BCUT2D eigenvalue weighted by molar-refractivity contribution is 5.76. The number of aliphatic hydroxyl groups is 1. The van der Waals surface area contributed by atoms with Crippen molar-refractivity contribution in [2.45, 2.75) is 26.3 Å². The fourth-order valence-corrected chi connectivity index (χ4v) is 1.38. The van der Waals surface area contributed by atoms with Crippen molar-refractivity contribution in [3.05, 3.63) is 18.7 Å². The highest BCUT2D eigenvalue weighted by Crippen LogP contribution is 2.04. The standard InChI is InChI=1S/C10H17N3O2/c1-8(2)5-9(6-14)12-10(15)13-4-3-11-7-13/h3-4,7-9,14H,5-6H2,1-2H3,(H,12,15). The Kier molecular flexibility index (Phi) is 4.30. The quantitative estimate of drug-likeness (QED) is 0.775. The molecule has 0 aliphatic carbocycles. The number of rotatable bonds is 4. The van der Waals surface area contributed by atoms with Gasteiger partial charge in [-0.1, -0.05) is 13.8 Å². The van der Waals surface area contributed by atoms with E-state index < -0.39 is 0 Å². The van der Waals surface area contributed by atoms with Crippen LogP contribution in [0.15, 0.2) is 18.7 Å². The number of carbonyl (C=O) groups excluding carboxylic acids is 1. The summed E-state index contributed by atoms with van der Waals surface area (Å²) >= 11 is 0. The Balaban J connectivity index is 2.48. The molecule has 0 saturated heterocycles. The Morgan fingerprint density at radius 3 is 2.80 bits per heavy atom. The zero-order valence-electron chi connectivity index (χ0n) is 9.05. The molecule has 1 aromatic rings. The third-order valence-corrected chi connectivity index (χ3v) is 2.04. The van der Waals surface area contributed by atoms with Crippen molar-refractivity contribution < 1.29 is 9.90 Å². The lowest BCUT2D eigenvalue weighted by molar-refractivity contribution is 0.208. The summed E-state index contributed by atoms with van der Waals surface area (Å²) in [6.07, 6.45) is 5.30. The Bertz CT molecular complexity index is 296. The van der Waals surface area contributed by atoms with Crippen LogP contribution in [0.4, 0.5) is 4.79 Å². The molecular weight excluding hydrogens is 194 g/mol. The fourth-order valence-electron chi connectivity index (χ4n) is 1.38. The molecule has 84 valence electrons. The van der Waals surface area contributed by atoms with E-state index in [1.807, 2.05) is 13.8 Å². The maximum absolute atomic E-state index is 11.6. The minimum atomic E-state index is -0.257. The van der Waals surface area contributed by atoms with Gasteiger partial charge in [0.2, 0.25) is 0 Å². The van der Waals surface area contributed by atoms with Gasteiger partial charge in [0.15, 0.2) is 0 Å². The Morgan fingerprint density at radius 2 is 2.33 bits per heavy atom. The first-order chi connectivity index (χ1) is 7.13. The largest absolute Gasteiger partial charge is 0.394 e. The average Bonchev–Trinajstić information content (AvgIpc) is 2.68. The van der Waals surface area contributed by atoms with Crippen molar-refractivity contribution in [1.29, 1.82) is 0 Å². The van der Waals surface area contributed by atoms with Gasteiger partial charge in [-0.25, -0.2) is 9.78 Å². The van der Waals surface area contributed by atoms with Gasteiger partial charge >= 0.3 is 6.03 Å². The lowest BCUT2D eigenvalue weighted by Gasteiger charge is -2.17. The fraction of sp³-hybridized carbons (Fsp3) is 0.600. The number of hydrogen-bond donors (Lipinski definition) is 2. The van der Waals surface area contributed by atoms with E-state index in [1.165, 1.54) is 17.1 Å². The molecule has 0 radical (unpaired) electrons. The molecule has 0 spiro atoms. The van der Waals surface area contributed by atoms with E-state index in [-0.39, 0.29) is 18.7 Å². The zero-order valence-corrected chi connectivity index (χ0v) is 9.05. The van der Waals surface area contributed by atoms with E-state index in [1.54, 1.807) is 6.20 Å². The maximum atomic E-state index is 11.6. The summed E-state index contributed by atoms with van der Waals surface area (Å²) in [6, 6.07) is -0.452. The van der Waals surface area contributed by atoms with Gasteiger partial charge in [0.05, 0.1) is 12.6 Å². The molecule has 1 unspecified atom stereocenters. The Labute approximate surface area is 89.1 Å². The normalized spacial score (nSPS) is 12.8. The van der Waals surface area contributed by atoms with Crippen molar-refractivity contribution in [1.82, 2.24) is 14.9 Å². The molecule has 5 heteroatoms. The maximum Gasteiger partial charge on any atom is 0.327 e. The van der Waals surface area contributed by atoms with Crippen molar-refractivity contribution in [3.63, 3.8) is 0 Å². The first-order valence-electron chi connectivity index (χ1n) is 5.03. The van der Waals surface area contributed by atoms with Crippen LogP contribution >= 0.6 is 0 Å². The lowest BCUT2D eigenvalue weighted by atomic mass is 10.0. The summed E-state index contributed by atoms with van der Waals surface area (Å²) in [5.41, 5.74) is 0. The molecule has 1 aromatic heterocycles. The van der Waals surface area contributed by atoms with Gasteiger partial charge in [-0.05, 0) is 12.3 Å². The third kappa shape index (κ3) is 3.71. The van der Waals surface area contributed by atoms with Crippen LogP contribution < -0.4 is 5.32 Å². The van der Waals surface area contributed by atoms with Gasteiger partial charge in [0, 0.05) is 12.4 Å². The van der Waals surface area contributed by atoms with Crippen molar-refractivity contribution in [3.8, 4) is 0 Å². The van der Waals surface area contributed by atoms with Gasteiger partial charge in [0.1, 0.15) is 6.33 Å². The average molecular weight is 211 g/mol. The summed E-state index contributed by atoms with van der Waals surface area (Å²) in [6.45, 7) is 4.05. The van der Waals surface area contributed by atoms with E-state index in [0.29, 0.717) is 5.92 Å². The smallest absolute Gasteiger partial charge is 0.327 e. The van der Waals surface area contributed by atoms with Gasteiger partial charge in [-0.3, -0.25) is 4.57 Å². The van der Waals surface area contributed by atoms with Crippen LogP contribution in [0.25, 0.3) is 0 Å². The number of imidazole rings is 1. The van der Waals surface area contributed by atoms with E-state index >= 15 is 0 Å². The second-order valence-electron chi connectivity index (χ2n) is 3.93. The second-order valence-corrected chi connectivity index (χ2v) is 3.93. The number of amides is 1. The number of nitrogens with one attached hydrogen (secondary N) is 1. The summed E-state index contributed by atoms with van der Waals surface area (Å²) < 4.78 is 1.35. The highest BCUT2D eigenvalue weighted by atomic mass is 16.3. The van der Waals surface area contributed by atoms with Gasteiger partial charge in [-0.15, -0.1) is 0 Å². The predicted molar refractivity (Wildman–Crippen MR) is 56.5 cm³/mol. The molecule has 2 N–H and O–H groups in total. The Morgan fingerprint density at radius 1 is 1.60 bits per heavy atom. The number of nitrogens with zero attached hydrogens (tertiary/aromatic N) is 2. The van der Waals surface area contributed by atoms with Crippen molar-refractivity contribution in [2.75, 3.05) is 6.61 Å². The van der Waals surface area contributed by atoms with Crippen LogP contribution in [0.2, 0.25) is 0 Å². The summed E-state index contributed by atoms with van der Waals surface area (Å²) in [5, 5.41) is 11.8. The minimum absolute atomic E-state index is 0.0430. The lowest BCUT2D eigenvalue weighted by Crippen LogP contribution is -2.40. The van der Waals surface area contributed by atoms with Gasteiger partial charge in [-0.2, -0.15) is 0 Å². The molecule has 1 heterocycles. The van der Waals surface area contributed by atoms with E-state index in [2.05, 4.69) is 10.3 Å². The molecule has 0 bridgehead atoms. The summed E-state index contributed by atoms with van der Waals surface area (Å²) in [7, 11) is 0. The molecule has 0 aliphatic rings. The van der Waals surface area contributed by atoms with Crippen LogP contribution in [0, 0.1) is 5.92 Å². The molecule has 5 nitrogen and oxygen atoms in total. The first-order valence-corrected chi connectivity index (χ1v) is 5.03. The molecule has 0 aromatic carbocycles. The van der Waals surface area contributed by atoms with E-state index in [9.17, 15) is 4.79 Å². The van der Waals surface area contributed by atoms with Crippen LogP contribution in [0.3, 0.4) is 0 Å². The first kappa shape index (κ1) is 11.7. The molecule has 1 amide bonds. The number of aliphatic hydroxyl groups excluding tert-OH is 1. The highest BCUT2D eigenvalue weighted by Gasteiger charge is 2.13. The van der Waals surface area contributed by atoms with E-state index in [4.69, 9.17) is 5.11 Å².